The van der Waals surface area contributed by atoms with Gasteiger partial charge in [-0.15, -0.1) is 0 Å². The van der Waals surface area contributed by atoms with E-state index in [1.165, 1.54) is 36.9 Å². The molecular weight excluding hydrogens is 352 g/mol. The highest BCUT2D eigenvalue weighted by Crippen LogP contribution is 2.18. The van der Waals surface area contributed by atoms with Crippen molar-refractivity contribution in [3.05, 3.63) is 59.7 Å². The number of sulfonamides is 1. The number of anilines is 1. The molecule has 0 heterocycles. The minimum Gasteiger partial charge on any atom is -0.383 e. The first kappa shape index (κ1) is 20.1. The van der Waals surface area contributed by atoms with E-state index >= 15 is 0 Å². The Morgan fingerprint density at radius 3 is 2.19 bits per heavy atom. The highest BCUT2D eigenvalue weighted by Gasteiger charge is 2.14. The van der Waals surface area contributed by atoms with Crippen LogP contribution in [-0.2, 0) is 14.8 Å². The quantitative estimate of drug-likeness (QED) is 0.694. The van der Waals surface area contributed by atoms with Gasteiger partial charge < -0.3 is 10.1 Å². The molecule has 0 aliphatic heterocycles. The summed E-state index contributed by atoms with van der Waals surface area (Å²) >= 11 is 0. The van der Waals surface area contributed by atoms with E-state index in [1.54, 1.807) is 0 Å². The van der Waals surface area contributed by atoms with Gasteiger partial charge in [0.2, 0.25) is 10.0 Å². The maximum Gasteiger partial charge on any atom is 0.255 e. The lowest BCUT2D eigenvalue weighted by atomic mass is 10.0. The van der Waals surface area contributed by atoms with E-state index < -0.39 is 10.0 Å². The number of carbonyl (C=O) groups is 1. The fourth-order valence-corrected chi connectivity index (χ4v) is 3.31. The van der Waals surface area contributed by atoms with E-state index in [0.29, 0.717) is 17.2 Å². The van der Waals surface area contributed by atoms with Crippen LogP contribution in [0.25, 0.3) is 0 Å². The molecule has 6 nitrogen and oxygen atoms in total. The Hall–Kier alpha value is -2.22. The average Bonchev–Trinajstić information content (AvgIpc) is 2.62. The predicted octanol–water partition coefficient (Wildman–Crippen LogP) is 2.99. The number of rotatable bonds is 8. The van der Waals surface area contributed by atoms with Crippen LogP contribution in [0, 0.1) is 0 Å². The van der Waals surface area contributed by atoms with Crippen LogP contribution in [0.1, 0.15) is 35.7 Å². The summed E-state index contributed by atoms with van der Waals surface area (Å²) in [6.07, 6.45) is 0. The SMILES string of the molecule is COCCNS(=O)(=O)c1ccc(C(=O)Nc2ccc(C(C)C)cc2)cc1. The number of methoxy groups -OCH3 is 1. The minimum absolute atomic E-state index is 0.103. The maximum absolute atomic E-state index is 12.3. The van der Waals surface area contributed by atoms with Crippen molar-refractivity contribution in [2.45, 2.75) is 24.7 Å². The number of hydrogen-bond donors (Lipinski definition) is 2. The van der Waals surface area contributed by atoms with Crippen LogP contribution in [0.15, 0.2) is 53.4 Å². The average molecular weight is 376 g/mol. The number of hydrogen-bond acceptors (Lipinski definition) is 4. The molecule has 0 saturated heterocycles. The zero-order chi connectivity index (χ0) is 19.2. The topological polar surface area (TPSA) is 84.5 Å². The number of nitrogens with one attached hydrogen (secondary N) is 2. The van der Waals surface area contributed by atoms with Gasteiger partial charge in [0.1, 0.15) is 0 Å². The van der Waals surface area contributed by atoms with E-state index in [9.17, 15) is 13.2 Å². The molecule has 0 aromatic heterocycles. The molecule has 0 unspecified atom stereocenters. The van der Waals surface area contributed by atoms with Crippen molar-refractivity contribution in [3.63, 3.8) is 0 Å². The molecular formula is C19H24N2O4S. The molecule has 26 heavy (non-hydrogen) atoms. The second-order valence-corrected chi connectivity index (χ2v) is 7.91. The molecule has 2 N–H and O–H groups in total. The zero-order valence-corrected chi connectivity index (χ0v) is 16.0. The molecule has 2 aromatic carbocycles. The van der Waals surface area contributed by atoms with E-state index in [4.69, 9.17) is 4.74 Å². The fourth-order valence-electron chi connectivity index (χ4n) is 2.30. The van der Waals surface area contributed by atoms with E-state index in [-0.39, 0.29) is 24.0 Å². The highest BCUT2D eigenvalue weighted by atomic mass is 32.2. The molecule has 2 rings (SSSR count). The van der Waals surface area contributed by atoms with Gasteiger partial charge in [-0.1, -0.05) is 26.0 Å². The Morgan fingerprint density at radius 2 is 1.65 bits per heavy atom. The first-order chi connectivity index (χ1) is 12.3. The van der Waals surface area contributed by atoms with Gasteiger partial charge in [0.05, 0.1) is 11.5 Å². The number of ether oxygens (including phenoxy) is 1. The number of carbonyl (C=O) groups excluding carboxylic acids is 1. The summed E-state index contributed by atoms with van der Waals surface area (Å²) in [6.45, 7) is 4.68. The Bertz CT molecular complexity index is 829. The fraction of sp³-hybridized carbons (Fsp3) is 0.316. The molecule has 1 amide bonds. The molecule has 0 bridgehead atoms. The third kappa shape index (κ3) is 5.39. The maximum atomic E-state index is 12.3. The van der Waals surface area contributed by atoms with E-state index in [2.05, 4.69) is 23.9 Å². The van der Waals surface area contributed by atoms with Gasteiger partial charge in [-0.3, -0.25) is 4.79 Å². The highest BCUT2D eigenvalue weighted by molar-refractivity contribution is 7.89. The Kier molecular flexibility index (Phi) is 6.90. The molecule has 0 saturated carbocycles. The van der Waals surface area contributed by atoms with Gasteiger partial charge in [-0.05, 0) is 47.9 Å². The van der Waals surface area contributed by atoms with Crippen molar-refractivity contribution in [2.75, 3.05) is 25.6 Å². The Morgan fingerprint density at radius 1 is 1.04 bits per heavy atom. The van der Waals surface area contributed by atoms with E-state index in [0.717, 1.165) is 0 Å². The second-order valence-electron chi connectivity index (χ2n) is 6.15. The van der Waals surface area contributed by atoms with Crippen LogP contribution in [-0.4, -0.2) is 34.6 Å². The lowest BCUT2D eigenvalue weighted by molar-refractivity contribution is 0.102. The first-order valence-corrected chi connectivity index (χ1v) is 9.82. The van der Waals surface area contributed by atoms with Gasteiger partial charge in [0.15, 0.2) is 0 Å². The van der Waals surface area contributed by atoms with Gasteiger partial charge in [0.25, 0.3) is 5.91 Å². The van der Waals surface area contributed by atoms with Crippen LogP contribution in [0.5, 0.6) is 0 Å². The number of amides is 1. The molecule has 0 aliphatic rings. The summed E-state index contributed by atoms with van der Waals surface area (Å²) in [5.41, 5.74) is 2.27. The largest absolute Gasteiger partial charge is 0.383 e. The first-order valence-electron chi connectivity index (χ1n) is 8.33. The van der Waals surface area contributed by atoms with Crippen molar-refractivity contribution in [1.29, 1.82) is 0 Å². The minimum atomic E-state index is -3.61. The summed E-state index contributed by atoms with van der Waals surface area (Å²) in [5.74, 6) is 0.130. The monoisotopic (exact) mass is 376 g/mol. The van der Waals surface area contributed by atoms with Crippen molar-refractivity contribution in [1.82, 2.24) is 4.72 Å². The van der Waals surface area contributed by atoms with Gasteiger partial charge in [0, 0.05) is 24.9 Å². The smallest absolute Gasteiger partial charge is 0.255 e. The molecule has 0 fully saturated rings. The van der Waals surface area contributed by atoms with Crippen molar-refractivity contribution < 1.29 is 17.9 Å². The predicted molar refractivity (Wildman–Crippen MR) is 102 cm³/mol. The zero-order valence-electron chi connectivity index (χ0n) is 15.2. The van der Waals surface area contributed by atoms with Crippen LogP contribution in [0.3, 0.4) is 0 Å². The molecule has 0 aliphatic carbocycles. The van der Waals surface area contributed by atoms with Crippen LogP contribution < -0.4 is 10.0 Å². The summed E-state index contributed by atoms with van der Waals surface area (Å²) < 4.78 is 31.4. The lowest BCUT2D eigenvalue weighted by Gasteiger charge is -2.09. The summed E-state index contributed by atoms with van der Waals surface area (Å²) in [7, 11) is -2.11. The molecule has 0 radical (unpaired) electrons. The molecule has 2 aromatic rings. The third-order valence-corrected chi connectivity index (χ3v) is 5.34. The van der Waals surface area contributed by atoms with Gasteiger partial charge >= 0.3 is 0 Å². The Balaban J connectivity index is 2.04. The number of benzene rings is 2. The summed E-state index contributed by atoms with van der Waals surface area (Å²) in [5, 5.41) is 2.80. The summed E-state index contributed by atoms with van der Waals surface area (Å²) in [6, 6.07) is 13.4. The van der Waals surface area contributed by atoms with Crippen molar-refractivity contribution in [3.8, 4) is 0 Å². The van der Waals surface area contributed by atoms with Crippen molar-refractivity contribution >= 4 is 21.6 Å². The van der Waals surface area contributed by atoms with Crippen LogP contribution in [0.2, 0.25) is 0 Å². The van der Waals surface area contributed by atoms with E-state index in [1.807, 2.05) is 24.3 Å². The standard InChI is InChI=1S/C19H24N2O4S/c1-14(2)15-4-8-17(9-5-15)21-19(22)16-6-10-18(11-7-16)26(23,24)20-12-13-25-3/h4-11,14,20H,12-13H2,1-3H3,(H,21,22). The third-order valence-electron chi connectivity index (χ3n) is 3.86. The lowest BCUT2D eigenvalue weighted by Crippen LogP contribution is -2.27. The van der Waals surface area contributed by atoms with Gasteiger partial charge in [-0.25, -0.2) is 13.1 Å². The normalized spacial score (nSPS) is 11.5. The van der Waals surface area contributed by atoms with Crippen molar-refractivity contribution in [2.24, 2.45) is 0 Å². The molecule has 140 valence electrons. The molecule has 0 spiro atoms. The molecule has 0 atom stereocenters. The second kappa shape index (κ2) is 8.93. The Labute approximate surface area is 154 Å². The molecule has 7 heteroatoms. The van der Waals surface area contributed by atoms with Crippen LogP contribution in [0.4, 0.5) is 5.69 Å². The van der Waals surface area contributed by atoms with Crippen LogP contribution >= 0.6 is 0 Å². The summed E-state index contributed by atoms with van der Waals surface area (Å²) in [4.78, 5) is 12.4. The van der Waals surface area contributed by atoms with Gasteiger partial charge in [-0.2, -0.15) is 0 Å².